The molecule has 1 amide bonds. The summed E-state index contributed by atoms with van der Waals surface area (Å²) in [6.07, 6.45) is 2.83. The fourth-order valence-electron chi connectivity index (χ4n) is 3.00. The summed E-state index contributed by atoms with van der Waals surface area (Å²) < 4.78 is 4.96. The summed E-state index contributed by atoms with van der Waals surface area (Å²) in [5.41, 5.74) is 2.69. The highest BCUT2D eigenvalue weighted by Gasteiger charge is 2.22. The van der Waals surface area contributed by atoms with Gasteiger partial charge in [-0.3, -0.25) is 4.79 Å². The molecule has 0 aliphatic carbocycles. The lowest BCUT2D eigenvalue weighted by molar-refractivity contribution is -0.120. The summed E-state index contributed by atoms with van der Waals surface area (Å²) in [6, 6.07) is 9.03. The van der Waals surface area contributed by atoms with Crippen LogP contribution < -0.4 is 15.5 Å². The van der Waals surface area contributed by atoms with Crippen molar-refractivity contribution >= 4 is 11.6 Å². The molecule has 23 heavy (non-hydrogen) atoms. The summed E-state index contributed by atoms with van der Waals surface area (Å²) >= 11 is 0. The number of fused-ring (bicyclic) bond motifs is 1. The Balaban J connectivity index is 1.72. The maximum Gasteiger partial charge on any atom is 0.221 e. The molecule has 0 bridgehead atoms. The van der Waals surface area contributed by atoms with Crippen LogP contribution in [0.25, 0.3) is 0 Å². The molecule has 0 radical (unpaired) electrons. The molecule has 5 nitrogen and oxygen atoms in total. The topological polar surface area (TPSA) is 53.6 Å². The van der Waals surface area contributed by atoms with Crippen molar-refractivity contribution in [1.82, 2.24) is 10.6 Å². The van der Waals surface area contributed by atoms with Gasteiger partial charge < -0.3 is 20.3 Å². The van der Waals surface area contributed by atoms with E-state index >= 15 is 0 Å². The van der Waals surface area contributed by atoms with Crippen LogP contribution in [0.3, 0.4) is 0 Å². The number of nitrogens with zero attached hydrogens (tertiary/aromatic N) is 1. The molecule has 2 rings (SSSR count). The summed E-state index contributed by atoms with van der Waals surface area (Å²) in [4.78, 5) is 14.4. The first-order valence-corrected chi connectivity index (χ1v) is 8.53. The van der Waals surface area contributed by atoms with Crippen molar-refractivity contribution in [2.45, 2.75) is 32.2 Å². The van der Waals surface area contributed by atoms with Gasteiger partial charge in [-0.1, -0.05) is 18.2 Å². The minimum absolute atomic E-state index is 0.119. The van der Waals surface area contributed by atoms with Gasteiger partial charge in [0.05, 0.1) is 6.61 Å². The molecule has 0 saturated heterocycles. The maximum atomic E-state index is 12.0. The van der Waals surface area contributed by atoms with Crippen LogP contribution in [0, 0.1) is 0 Å². The number of nitrogens with one attached hydrogen (secondary N) is 2. The average molecular weight is 319 g/mol. The summed E-state index contributed by atoms with van der Waals surface area (Å²) in [7, 11) is 1.68. The molecular formula is C18H29N3O2. The molecule has 0 spiro atoms. The van der Waals surface area contributed by atoms with Crippen molar-refractivity contribution in [3.05, 3.63) is 29.8 Å². The Kier molecular flexibility index (Phi) is 7.36. The Morgan fingerprint density at radius 1 is 1.30 bits per heavy atom. The zero-order chi connectivity index (χ0) is 16.5. The summed E-state index contributed by atoms with van der Waals surface area (Å²) in [5.74, 6) is 0.119. The van der Waals surface area contributed by atoms with Crippen molar-refractivity contribution in [3.8, 4) is 0 Å². The van der Waals surface area contributed by atoms with E-state index in [0.717, 1.165) is 32.5 Å². The van der Waals surface area contributed by atoms with Gasteiger partial charge in [0.1, 0.15) is 0 Å². The minimum atomic E-state index is 0.119. The molecule has 0 saturated carbocycles. The van der Waals surface area contributed by atoms with E-state index < -0.39 is 0 Å². The Morgan fingerprint density at radius 3 is 2.96 bits per heavy atom. The quantitative estimate of drug-likeness (QED) is 0.679. The van der Waals surface area contributed by atoms with Crippen LogP contribution in [-0.2, 0) is 16.0 Å². The Morgan fingerprint density at radius 2 is 2.13 bits per heavy atom. The van der Waals surface area contributed by atoms with Gasteiger partial charge in [-0.25, -0.2) is 0 Å². The van der Waals surface area contributed by atoms with Gasteiger partial charge in [0.2, 0.25) is 5.91 Å². The number of amides is 1. The normalized spacial score (nSPS) is 17.0. The van der Waals surface area contributed by atoms with Crippen molar-refractivity contribution in [2.24, 2.45) is 0 Å². The predicted molar refractivity (Wildman–Crippen MR) is 93.9 cm³/mol. The zero-order valence-corrected chi connectivity index (χ0v) is 14.3. The van der Waals surface area contributed by atoms with E-state index in [-0.39, 0.29) is 5.91 Å². The van der Waals surface area contributed by atoms with Crippen LogP contribution in [0.1, 0.15) is 25.3 Å². The number of anilines is 1. The van der Waals surface area contributed by atoms with Crippen LogP contribution in [-0.4, -0.2) is 51.8 Å². The van der Waals surface area contributed by atoms with Crippen molar-refractivity contribution in [3.63, 3.8) is 0 Å². The third-order valence-corrected chi connectivity index (χ3v) is 4.35. The van der Waals surface area contributed by atoms with E-state index in [0.29, 0.717) is 25.6 Å². The summed E-state index contributed by atoms with van der Waals surface area (Å²) in [6.45, 7) is 5.97. The van der Waals surface area contributed by atoms with Gasteiger partial charge in [-0.2, -0.15) is 0 Å². The smallest absolute Gasteiger partial charge is 0.221 e. The van der Waals surface area contributed by atoms with Crippen LogP contribution in [0.2, 0.25) is 0 Å². The monoisotopic (exact) mass is 319 g/mol. The predicted octanol–water partition coefficient (Wildman–Crippen LogP) is 1.57. The number of aryl methyl sites for hydroxylation is 1. The second-order valence-electron chi connectivity index (χ2n) is 6.05. The van der Waals surface area contributed by atoms with Crippen LogP contribution in [0.4, 0.5) is 5.69 Å². The highest BCUT2D eigenvalue weighted by atomic mass is 16.5. The third kappa shape index (κ3) is 5.52. The fourth-order valence-corrected chi connectivity index (χ4v) is 3.00. The second kappa shape index (κ2) is 9.53. The first kappa shape index (κ1) is 17.8. The van der Waals surface area contributed by atoms with Crippen LogP contribution >= 0.6 is 0 Å². The Hall–Kier alpha value is -1.59. The number of carbonyl (C=O) groups is 1. The molecule has 0 fully saturated rings. The van der Waals surface area contributed by atoms with Gasteiger partial charge >= 0.3 is 0 Å². The number of carbonyl (C=O) groups excluding carboxylic acids is 1. The van der Waals surface area contributed by atoms with Crippen molar-refractivity contribution < 1.29 is 9.53 Å². The first-order chi connectivity index (χ1) is 11.2. The highest BCUT2D eigenvalue weighted by Crippen LogP contribution is 2.30. The Labute approximate surface area is 139 Å². The van der Waals surface area contributed by atoms with Gasteiger partial charge in [0, 0.05) is 51.4 Å². The number of hydrogen-bond donors (Lipinski definition) is 2. The molecule has 5 heteroatoms. The second-order valence-corrected chi connectivity index (χ2v) is 6.05. The highest BCUT2D eigenvalue weighted by molar-refractivity contribution is 5.76. The van der Waals surface area contributed by atoms with E-state index in [9.17, 15) is 4.79 Å². The van der Waals surface area contributed by atoms with E-state index in [4.69, 9.17) is 4.74 Å². The lowest BCUT2D eigenvalue weighted by Gasteiger charge is -2.37. The number of ether oxygens (including phenoxy) is 1. The molecule has 128 valence electrons. The molecule has 1 atom stereocenters. The van der Waals surface area contributed by atoms with Gasteiger partial charge in [0.25, 0.3) is 0 Å². The number of methoxy groups -OCH3 is 1. The summed E-state index contributed by atoms with van der Waals surface area (Å²) in [5, 5.41) is 6.19. The Bertz CT molecular complexity index is 493. The van der Waals surface area contributed by atoms with Crippen molar-refractivity contribution in [2.75, 3.05) is 44.8 Å². The largest absolute Gasteiger partial charge is 0.383 e. The zero-order valence-electron chi connectivity index (χ0n) is 14.3. The molecule has 1 aromatic carbocycles. The molecule has 2 N–H and O–H groups in total. The molecule has 1 aliphatic heterocycles. The number of benzene rings is 1. The van der Waals surface area contributed by atoms with E-state index in [1.54, 1.807) is 7.11 Å². The standard InChI is InChI=1S/C18H29N3O2/c1-15-7-8-16-5-3-4-6-17(16)21(15)13-9-18(22)20-11-10-19-12-14-23-2/h3-6,15,19H,7-14H2,1-2H3,(H,20,22). The van der Waals surface area contributed by atoms with Crippen LogP contribution in [0.15, 0.2) is 24.3 Å². The average Bonchev–Trinajstić information content (AvgIpc) is 2.57. The van der Waals surface area contributed by atoms with E-state index in [2.05, 4.69) is 46.7 Å². The van der Waals surface area contributed by atoms with E-state index in [1.807, 2.05) is 0 Å². The number of rotatable bonds is 9. The van der Waals surface area contributed by atoms with Crippen LogP contribution in [0.5, 0.6) is 0 Å². The van der Waals surface area contributed by atoms with Gasteiger partial charge in [-0.15, -0.1) is 0 Å². The molecule has 1 unspecified atom stereocenters. The lowest BCUT2D eigenvalue weighted by Crippen LogP contribution is -2.40. The SMILES string of the molecule is COCCNCCNC(=O)CCN1c2ccccc2CCC1C. The number of hydrogen-bond acceptors (Lipinski definition) is 4. The van der Waals surface area contributed by atoms with E-state index in [1.165, 1.54) is 11.3 Å². The molecule has 0 aromatic heterocycles. The molecule has 1 aliphatic rings. The number of para-hydroxylation sites is 1. The molecular weight excluding hydrogens is 290 g/mol. The molecule has 1 heterocycles. The minimum Gasteiger partial charge on any atom is -0.383 e. The van der Waals surface area contributed by atoms with Gasteiger partial charge in [0.15, 0.2) is 0 Å². The van der Waals surface area contributed by atoms with Gasteiger partial charge in [-0.05, 0) is 31.4 Å². The third-order valence-electron chi connectivity index (χ3n) is 4.35. The van der Waals surface area contributed by atoms with Crippen molar-refractivity contribution in [1.29, 1.82) is 0 Å². The molecule has 1 aromatic rings. The fraction of sp³-hybridized carbons (Fsp3) is 0.611. The lowest BCUT2D eigenvalue weighted by atomic mass is 9.96. The maximum absolute atomic E-state index is 12.0. The first-order valence-electron chi connectivity index (χ1n) is 8.53.